The van der Waals surface area contributed by atoms with Crippen molar-refractivity contribution < 1.29 is 14.7 Å². The Hall–Kier alpha value is -2.04. The van der Waals surface area contributed by atoms with Crippen LogP contribution in [0.5, 0.6) is 0 Å². The van der Waals surface area contributed by atoms with Crippen molar-refractivity contribution >= 4 is 17.7 Å². The van der Waals surface area contributed by atoms with Crippen LogP contribution in [0.3, 0.4) is 0 Å². The summed E-state index contributed by atoms with van der Waals surface area (Å²) < 4.78 is 0. The number of likely N-dealkylation sites (tertiary alicyclic amines) is 1. The minimum absolute atomic E-state index is 0.213. The molecule has 1 heterocycles. The summed E-state index contributed by atoms with van der Waals surface area (Å²) in [5, 5.41) is 12.1. The second-order valence-electron chi connectivity index (χ2n) is 5.56. The maximum absolute atomic E-state index is 12.4. The topological polar surface area (TPSA) is 69.6 Å². The molecule has 0 aromatic heterocycles. The first kappa shape index (κ1) is 15.4. The molecule has 2 atom stereocenters. The number of carboxylic acids is 1. The number of carbonyl (C=O) groups is 2. The van der Waals surface area contributed by atoms with Gasteiger partial charge in [-0.05, 0) is 37.8 Å². The molecule has 1 aliphatic heterocycles. The van der Waals surface area contributed by atoms with Crippen LogP contribution in [0.1, 0.15) is 31.4 Å². The highest BCUT2D eigenvalue weighted by molar-refractivity contribution is 5.92. The predicted molar refractivity (Wildman–Crippen MR) is 81.5 cm³/mol. The molecule has 0 aliphatic carbocycles. The van der Waals surface area contributed by atoms with Crippen LogP contribution in [0.25, 0.3) is 0 Å². The van der Waals surface area contributed by atoms with E-state index < -0.39 is 11.9 Å². The highest BCUT2D eigenvalue weighted by atomic mass is 16.4. The Labute approximate surface area is 125 Å². The molecule has 0 radical (unpaired) electrons. The summed E-state index contributed by atoms with van der Waals surface area (Å²) >= 11 is 0. The van der Waals surface area contributed by atoms with E-state index in [4.69, 9.17) is 5.11 Å². The lowest BCUT2D eigenvalue weighted by Crippen LogP contribution is -2.40. The Kier molecular flexibility index (Phi) is 4.50. The molecule has 1 saturated heterocycles. The number of para-hydroxylation sites is 1. The number of aryl methyl sites for hydroxylation is 2. The monoisotopic (exact) mass is 290 g/mol. The molecule has 114 valence electrons. The van der Waals surface area contributed by atoms with E-state index in [-0.39, 0.29) is 12.1 Å². The zero-order valence-electron chi connectivity index (χ0n) is 12.7. The molecular formula is C16H22N2O3. The Morgan fingerprint density at radius 1 is 1.43 bits per heavy atom. The van der Waals surface area contributed by atoms with Crippen molar-refractivity contribution in [3.8, 4) is 0 Å². The van der Waals surface area contributed by atoms with Crippen LogP contribution in [0.15, 0.2) is 18.2 Å². The number of carbonyl (C=O) groups excluding carboxylic acids is 1. The average molecular weight is 290 g/mol. The van der Waals surface area contributed by atoms with E-state index in [1.165, 1.54) is 0 Å². The fourth-order valence-corrected chi connectivity index (χ4v) is 2.94. The Morgan fingerprint density at radius 2 is 2.14 bits per heavy atom. The molecule has 5 heteroatoms. The SMILES string of the molecule is CCc1cccc(C)c1NC(=O)N1CCC(C(=O)O)C1C. The maximum Gasteiger partial charge on any atom is 0.322 e. The second kappa shape index (κ2) is 6.16. The molecule has 2 N–H and O–H groups in total. The molecule has 0 bridgehead atoms. The third-order valence-electron chi connectivity index (χ3n) is 4.30. The summed E-state index contributed by atoms with van der Waals surface area (Å²) in [6, 6.07) is 5.44. The van der Waals surface area contributed by atoms with Crippen LogP contribution >= 0.6 is 0 Å². The first-order valence-electron chi connectivity index (χ1n) is 7.34. The van der Waals surface area contributed by atoms with Crippen molar-refractivity contribution in [1.29, 1.82) is 0 Å². The first-order valence-corrected chi connectivity index (χ1v) is 7.34. The largest absolute Gasteiger partial charge is 0.481 e. The fourth-order valence-electron chi connectivity index (χ4n) is 2.94. The number of rotatable bonds is 3. The number of carboxylic acid groups (broad SMARTS) is 1. The van der Waals surface area contributed by atoms with Crippen molar-refractivity contribution in [2.45, 2.75) is 39.7 Å². The van der Waals surface area contributed by atoms with Crippen molar-refractivity contribution in [1.82, 2.24) is 4.90 Å². The van der Waals surface area contributed by atoms with Gasteiger partial charge in [0.2, 0.25) is 0 Å². The van der Waals surface area contributed by atoms with Crippen molar-refractivity contribution in [2.24, 2.45) is 5.92 Å². The minimum atomic E-state index is -0.831. The molecule has 2 unspecified atom stereocenters. The number of benzene rings is 1. The van der Waals surface area contributed by atoms with Gasteiger partial charge in [0.05, 0.1) is 5.92 Å². The Balaban J connectivity index is 2.15. The van der Waals surface area contributed by atoms with Crippen LogP contribution in [0.2, 0.25) is 0 Å². The van der Waals surface area contributed by atoms with Gasteiger partial charge in [-0.15, -0.1) is 0 Å². The van der Waals surface area contributed by atoms with Crippen LogP contribution in [-0.2, 0) is 11.2 Å². The lowest BCUT2D eigenvalue weighted by Gasteiger charge is -2.24. The molecule has 0 spiro atoms. The van der Waals surface area contributed by atoms with Crippen LogP contribution in [0.4, 0.5) is 10.5 Å². The number of nitrogens with zero attached hydrogens (tertiary/aromatic N) is 1. The number of hydrogen-bond acceptors (Lipinski definition) is 2. The maximum atomic E-state index is 12.4. The van der Waals surface area contributed by atoms with Gasteiger partial charge in [0.1, 0.15) is 0 Å². The summed E-state index contributed by atoms with van der Waals surface area (Å²) in [4.78, 5) is 25.2. The van der Waals surface area contributed by atoms with Gasteiger partial charge in [-0.3, -0.25) is 4.79 Å². The molecule has 21 heavy (non-hydrogen) atoms. The molecule has 1 fully saturated rings. The molecule has 1 aliphatic rings. The molecule has 2 amide bonds. The van der Waals surface area contributed by atoms with E-state index >= 15 is 0 Å². The van der Waals surface area contributed by atoms with E-state index in [0.717, 1.165) is 23.2 Å². The number of aliphatic carboxylic acids is 1. The smallest absolute Gasteiger partial charge is 0.322 e. The van der Waals surface area contributed by atoms with E-state index in [9.17, 15) is 9.59 Å². The van der Waals surface area contributed by atoms with Gasteiger partial charge >= 0.3 is 12.0 Å². The molecule has 1 aromatic carbocycles. The number of urea groups is 1. The number of anilines is 1. The van der Waals surface area contributed by atoms with Crippen LogP contribution in [0, 0.1) is 12.8 Å². The third-order valence-corrected chi connectivity index (χ3v) is 4.30. The van der Waals surface area contributed by atoms with Crippen molar-refractivity contribution in [3.63, 3.8) is 0 Å². The molecular weight excluding hydrogens is 268 g/mol. The van der Waals surface area contributed by atoms with Gasteiger partial charge in [-0.25, -0.2) is 4.79 Å². The Bertz CT molecular complexity index is 556. The van der Waals surface area contributed by atoms with Gasteiger partial charge in [-0.2, -0.15) is 0 Å². The van der Waals surface area contributed by atoms with Gasteiger partial charge in [0.15, 0.2) is 0 Å². The molecule has 2 rings (SSSR count). The average Bonchev–Trinajstić information content (AvgIpc) is 2.83. The van der Waals surface area contributed by atoms with E-state index in [0.29, 0.717) is 13.0 Å². The quantitative estimate of drug-likeness (QED) is 0.899. The summed E-state index contributed by atoms with van der Waals surface area (Å²) in [5.74, 6) is -1.30. The van der Waals surface area contributed by atoms with E-state index in [2.05, 4.69) is 5.32 Å². The van der Waals surface area contributed by atoms with Gasteiger partial charge in [0.25, 0.3) is 0 Å². The highest BCUT2D eigenvalue weighted by Crippen LogP contribution is 2.27. The normalized spacial score (nSPS) is 21.4. The zero-order valence-corrected chi connectivity index (χ0v) is 12.7. The highest BCUT2D eigenvalue weighted by Gasteiger charge is 2.38. The molecule has 0 saturated carbocycles. The van der Waals surface area contributed by atoms with E-state index in [1.807, 2.05) is 32.0 Å². The third kappa shape index (κ3) is 3.01. The minimum Gasteiger partial charge on any atom is -0.481 e. The summed E-state index contributed by atoms with van der Waals surface area (Å²) in [6.07, 6.45) is 1.35. The van der Waals surface area contributed by atoms with Crippen molar-refractivity contribution in [3.05, 3.63) is 29.3 Å². The Morgan fingerprint density at radius 3 is 2.71 bits per heavy atom. The van der Waals surface area contributed by atoms with Gasteiger partial charge in [0, 0.05) is 18.3 Å². The second-order valence-corrected chi connectivity index (χ2v) is 5.56. The number of nitrogens with one attached hydrogen (secondary N) is 1. The van der Waals surface area contributed by atoms with Crippen molar-refractivity contribution in [2.75, 3.05) is 11.9 Å². The summed E-state index contributed by atoms with van der Waals surface area (Å²) in [5.41, 5.74) is 2.95. The molecule has 1 aromatic rings. The standard InChI is InChI=1S/C16H22N2O3/c1-4-12-7-5-6-10(2)14(12)17-16(21)18-9-8-13(11(18)3)15(19)20/h5-7,11,13H,4,8-9H2,1-3H3,(H,17,21)(H,19,20). The summed E-state index contributed by atoms with van der Waals surface area (Å²) in [6.45, 7) is 6.28. The lowest BCUT2D eigenvalue weighted by atomic mass is 10.0. The first-order chi connectivity index (χ1) is 9.95. The van der Waals surface area contributed by atoms with Crippen LogP contribution in [-0.4, -0.2) is 34.6 Å². The summed E-state index contributed by atoms with van der Waals surface area (Å²) in [7, 11) is 0. The number of hydrogen-bond donors (Lipinski definition) is 2. The van der Waals surface area contributed by atoms with Gasteiger partial charge in [-0.1, -0.05) is 25.1 Å². The van der Waals surface area contributed by atoms with Gasteiger partial charge < -0.3 is 15.3 Å². The molecule has 5 nitrogen and oxygen atoms in total. The fraction of sp³-hybridized carbons (Fsp3) is 0.500. The number of amides is 2. The lowest BCUT2D eigenvalue weighted by molar-refractivity contribution is -0.142. The van der Waals surface area contributed by atoms with E-state index in [1.54, 1.807) is 11.8 Å². The predicted octanol–water partition coefficient (Wildman–Crippen LogP) is 2.88. The zero-order chi connectivity index (χ0) is 15.6. The van der Waals surface area contributed by atoms with Crippen LogP contribution < -0.4 is 5.32 Å².